The van der Waals surface area contributed by atoms with E-state index < -0.39 is 36.1 Å². The average molecular weight is 526 g/mol. The standard InChI is InChI=1S/C26H15N5O6S/c32-30(33)16-10-12-24(23(14-16)31(34)35)38(36,37)29-15-9-11-21-22(13-15)28-26-20-8-4-2-6-18(20)17-5-1-3-7-19(17)25(26)27-21/h1-14,29H. The molecule has 11 nitrogen and oxygen atoms in total. The third kappa shape index (κ3) is 3.71. The molecule has 0 amide bonds. The molecular formula is C26H15N5O6S. The lowest BCUT2D eigenvalue weighted by Gasteiger charge is -2.11. The number of hydrogen-bond acceptors (Lipinski definition) is 8. The first-order chi connectivity index (χ1) is 18.2. The highest BCUT2D eigenvalue weighted by molar-refractivity contribution is 7.92. The Morgan fingerprint density at radius 2 is 1.24 bits per heavy atom. The van der Waals surface area contributed by atoms with Crippen LogP contribution < -0.4 is 4.72 Å². The predicted molar refractivity (Wildman–Crippen MR) is 143 cm³/mol. The lowest BCUT2D eigenvalue weighted by Crippen LogP contribution is -2.15. The third-order valence-electron chi connectivity index (χ3n) is 6.21. The summed E-state index contributed by atoms with van der Waals surface area (Å²) in [6, 6.07) is 22.6. The Bertz CT molecular complexity index is 2100. The van der Waals surface area contributed by atoms with E-state index in [0.717, 1.165) is 33.7 Å². The number of nitrogens with one attached hydrogen (secondary N) is 1. The molecule has 0 saturated heterocycles. The van der Waals surface area contributed by atoms with Crippen LogP contribution in [0.15, 0.2) is 89.8 Å². The fourth-order valence-electron chi connectivity index (χ4n) is 4.54. The lowest BCUT2D eigenvalue weighted by atomic mass is 9.99. The maximum atomic E-state index is 13.1. The zero-order valence-electron chi connectivity index (χ0n) is 19.2. The molecule has 38 heavy (non-hydrogen) atoms. The van der Waals surface area contributed by atoms with Gasteiger partial charge in [0.1, 0.15) is 0 Å². The van der Waals surface area contributed by atoms with Crippen molar-refractivity contribution in [1.82, 2.24) is 9.97 Å². The maximum Gasteiger partial charge on any atom is 0.296 e. The summed E-state index contributed by atoms with van der Waals surface area (Å²) in [5, 5.41) is 26.3. The number of anilines is 1. The third-order valence-corrected chi connectivity index (χ3v) is 7.64. The Labute approximate surface area is 213 Å². The summed E-state index contributed by atoms with van der Waals surface area (Å²) in [4.78, 5) is 29.6. The van der Waals surface area contributed by atoms with Crippen LogP contribution in [0.4, 0.5) is 17.1 Å². The number of non-ortho nitro benzene ring substituents is 1. The minimum absolute atomic E-state index is 0.101. The Balaban J connectivity index is 1.50. The van der Waals surface area contributed by atoms with Gasteiger partial charge in [-0.15, -0.1) is 0 Å². The number of rotatable bonds is 5. The van der Waals surface area contributed by atoms with Gasteiger partial charge in [-0.05, 0) is 35.0 Å². The van der Waals surface area contributed by atoms with E-state index in [0.29, 0.717) is 28.1 Å². The zero-order chi connectivity index (χ0) is 26.6. The molecule has 0 aliphatic rings. The van der Waals surface area contributed by atoms with Crippen LogP contribution in [0.3, 0.4) is 0 Å². The molecule has 0 aliphatic carbocycles. The van der Waals surface area contributed by atoms with Gasteiger partial charge in [0.25, 0.3) is 21.4 Å². The van der Waals surface area contributed by atoms with Gasteiger partial charge in [0.05, 0.1) is 43.7 Å². The number of aromatic nitrogens is 2. The first kappa shape index (κ1) is 23.2. The molecule has 1 heterocycles. The van der Waals surface area contributed by atoms with Gasteiger partial charge >= 0.3 is 0 Å². The molecular weight excluding hydrogens is 510 g/mol. The van der Waals surface area contributed by atoms with Crippen molar-refractivity contribution in [1.29, 1.82) is 0 Å². The monoisotopic (exact) mass is 525 g/mol. The second kappa shape index (κ2) is 8.42. The van der Waals surface area contributed by atoms with E-state index in [1.54, 1.807) is 6.07 Å². The van der Waals surface area contributed by atoms with E-state index in [9.17, 15) is 28.6 Å². The minimum atomic E-state index is -4.47. The van der Waals surface area contributed by atoms with Crippen molar-refractivity contribution in [2.24, 2.45) is 0 Å². The summed E-state index contributed by atoms with van der Waals surface area (Å²) in [5.74, 6) is 0. The molecule has 0 spiro atoms. The van der Waals surface area contributed by atoms with E-state index >= 15 is 0 Å². The van der Waals surface area contributed by atoms with E-state index in [-0.39, 0.29) is 5.69 Å². The van der Waals surface area contributed by atoms with Crippen molar-refractivity contribution in [2.45, 2.75) is 4.90 Å². The summed E-state index contributed by atoms with van der Waals surface area (Å²) in [5.41, 5.74) is 0.904. The van der Waals surface area contributed by atoms with Gasteiger partial charge in [-0.3, -0.25) is 25.0 Å². The van der Waals surface area contributed by atoms with Crippen LogP contribution in [-0.4, -0.2) is 28.2 Å². The molecule has 186 valence electrons. The average Bonchev–Trinajstić information content (AvgIpc) is 2.91. The first-order valence-corrected chi connectivity index (χ1v) is 12.7. The summed E-state index contributed by atoms with van der Waals surface area (Å²) in [7, 11) is -4.47. The van der Waals surface area contributed by atoms with Crippen LogP contribution in [-0.2, 0) is 10.0 Å². The minimum Gasteiger partial charge on any atom is -0.279 e. The van der Waals surface area contributed by atoms with Crippen LogP contribution in [0.2, 0.25) is 0 Å². The van der Waals surface area contributed by atoms with Crippen LogP contribution in [0.25, 0.3) is 43.6 Å². The molecule has 12 heteroatoms. The molecule has 1 aromatic heterocycles. The molecule has 0 unspecified atom stereocenters. The van der Waals surface area contributed by atoms with Gasteiger partial charge in [0.15, 0.2) is 4.90 Å². The number of sulfonamides is 1. The van der Waals surface area contributed by atoms with E-state index in [1.807, 2.05) is 48.5 Å². The number of nitro benzene ring substituents is 2. The fraction of sp³-hybridized carbons (Fsp3) is 0. The van der Waals surface area contributed by atoms with Gasteiger partial charge < -0.3 is 0 Å². The molecule has 5 aromatic carbocycles. The quantitative estimate of drug-likeness (QED) is 0.130. The summed E-state index contributed by atoms with van der Waals surface area (Å²) in [6.45, 7) is 0. The van der Waals surface area contributed by atoms with Crippen LogP contribution in [0, 0.1) is 20.2 Å². The summed E-state index contributed by atoms with van der Waals surface area (Å²) in [6.07, 6.45) is 0. The number of hydrogen-bond donors (Lipinski definition) is 1. The normalized spacial score (nSPS) is 11.8. The Morgan fingerprint density at radius 3 is 1.82 bits per heavy atom. The van der Waals surface area contributed by atoms with E-state index in [2.05, 4.69) is 4.72 Å². The van der Waals surface area contributed by atoms with Crippen molar-refractivity contribution in [3.05, 3.63) is 105 Å². The van der Waals surface area contributed by atoms with Gasteiger partial charge in [-0.2, -0.15) is 0 Å². The molecule has 0 atom stereocenters. The highest BCUT2D eigenvalue weighted by Gasteiger charge is 2.29. The molecule has 0 fully saturated rings. The number of benzene rings is 5. The lowest BCUT2D eigenvalue weighted by molar-refractivity contribution is -0.396. The van der Waals surface area contributed by atoms with Gasteiger partial charge in [-0.25, -0.2) is 18.4 Å². The molecule has 6 rings (SSSR count). The smallest absolute Gasteiger partial charge is 0.279 e. The van der Waals surface area contributed by atoms with Crippen molar-refractivity contribution in [2.75, 3.05) is 4.72 Å². The Hall–Kier alpha value is -5.23. The molecule has 0 radical (unpaired) electrons. The van der Waals surface area contributed by atoms with Gasteiger partial charge in [-0.1, -0.05) is 48.5 Å². The van der Waals surface area contributed by atoms with Crippen LogP contribution in [0.5, 0.6) is 0 Å². The number of nitrogens with zero attached hydrogens (tertiary/aromatic N) is 4. The largest absolute Gasteiger partial charge is 0.296 e. The van der Waals surface area contributed by atoms with E-state index in [4.69, 9.17) is 9.97 Å². The van der Waals surface area contributed by atoms with Gasteiger partial charge in [0.2, 0.25) is 0 Å². The van der Waals surface area contributed by atoms with Crippen molar-refractivity contribution in [3.63, 3.8) is 0 Å². The van der Waals surface area contributed by atoms with Crippen molar-refractivity contribution >= 4 is 70.7 Å². The number of fused-ring (bicyclic) bond motifs is 7. The van der Waals surface area contributed by atoms with Crippen LogP contribution in [0.1, 0.15) is 0 Å². The SMILES string of the molecule is O=[N+]([O-])c1ccc(S(=O)(=O)Nc2ccc3nc4c5ccccc5c5ccccc5c4nc3c2)c([N+](=O)[O-])c1. The van der Waals surface area contributed by atoms with Gasteiger partial charge in [0, 0.05) is 16.8 Å². The van der Waals surface area contributed by atoms with Crippen LogP contribution >= 0.6 is 0 Å². The fourth-order valence-corrected chi connectivity index (χ4v) is 5.74. The second-order valence-electron chi connectivity index (χ2n) is 8.49. The highest BCUT2D eigenvalue weighted by Crippen LogP contribution is 2.35. The van der Waals surface area contributed by atoms with E-state index in [1.165, 1.54) is 12.1 Å². The molecule has 0 aliphatic heterocycles. The second-order valence-corrected chi connectivity index (χ2v) is 10.1. The molecule has 6 aromatic rings. The van der Waals surface area contributed by atoms with Crippen molar-refractivity contribution in [3.8, 4) is 0 Å². The molecule has 1 N–H and O–H groups in total. The Morgan fingerprint density at radius 1 is 0.658 bits per heavy atom. The first-order valence-electron chi connectivity index (χ1n) is 11.2. The summed E-state index contributed by atoms with van der Waals surface area (Å²) < 4.78 is 28.4. The molecule has 0 saturated carbocycles. The van der Waals surface area contributed by atoms with Crippen molar-refractivity contribution < 1.29 is 18.3 Å². The summed E-state index contributed by atoms with van der Waals surface area (Å²) >= 11 is 0. The maximum absolute atomic E-state index is 13.1. The topological polar surface area (TPSA) is 158 Å². The Kier molecular flexibility index (Phi) is 5.14. The zero-order valence-corrected chi connectivity index (χ0v) is 20.0. The highest BCUT2D eigenvalue weighted by atomic mass is 32.2. The number of nitro groups is 2. The molecule has 0 bridgehead atoms. The predicted octanol–water partition coefficient (Wildman–Crippen LogP) is 5.71.